The minimum Gasteiger partial charge on any atom is -0.351 e. The summed E-state index contributed by atoms with van der Waals surface area (Å²) in [6, 6.07) is 9.63. The van der Waals surface area contributed by atoms with E-state index in [0.29, 0.717) is 0 Å². The van der Waals surface area contributed by atoms with Gasteiger partial charge in [0.05, 0.1) is 0 Å². The molecule has 1 unspecified atom stereocenters. The first kappa shape index (κ1) is 8.59. The molecule has 0 aliphatic carbocycles. The molecule has 0 spiro atoms. The number of methoxy groups -OCH3 is 1. The van der Waals surface area contributed by atoms with Crippen molar-refractivity contribution in [1.82, 2.24) is 0 Å². The molecule has 2 nitrogen and oxygen atoms in total. The topological polar surface area (TPSA) is 18.5 Å². The second-order valence-corrected chi connectivity index (χ2v) is 2.29. The van der Waals surface area contributed by atoms with Crippen LogP contribution < -0.4 is 0 Å². The Hall–Kier alpha value is -0.510. The summed E-state index contributed by atoms with van der Waals surface area (Å²) in [6.45, 7) is 0. The van der Waals surface area contributed by atoms with Crippen molar-refractivity contribution >= 4 is 12.9 Å². The standard InChI is InChI=1S/C8H10O2S/c1-9-8(10-11)7-5-3-2-4-6-7/h2-6,8,11H,1H3. The summed E-state index contributed by atoms with van der Waals surface area (Å²) in [5.41, 5.74) is 0.963. The molecule has 1 atom stereocenters. The van der Waals surface area contributed by atoms with Crippen molar-refractivity contribution in [2.75, 3.05) is 7.11 Å². The van der Waals surface area contributed by atoms with Gasteiger partial charge in [-0.2, -0.15) is 0 Å². The Labute approximate surface area is 71.8 Å². The third kappa shape index (κ3) is 2.22. The van der Waals surface area contributed by atoms with Crippen LogP contribution in [0.4, 0.5) is 0 Å². The molecule has 1 aromatic carbocycles. The fourth-order valence-electron chi connectivity index (χ4n) is 0.850. The van der Waals surface area contributed by atoms with E-state index in [2.05, 4.69) is 12.9 Å². The average molecular weight is 170 g/mol. The normalized spacial score (nSPS) is 12.9. The highest BCUT2D eigenvalue weighted by atomic mass is 32.1. The van der Waals surface area contributed by atoms with Crippen LogP contribution in [0.25, 0.3) is 0 Å². The molecule has 0 heterocycles. The van der Waals surface area contributed by atoms with E-state index < -0.39 is 0 Å². The Morgan fingerprint density at radius 2 is 1.91 bits per heavy atom. The second kappa shape index (κ2) is 4.38. The highest BCUT2D eigenvalue weighted by molar-refractivity contribution is 7.75. The van der Waals surface area contributed by atoms with E-state index in [9.17, 15) is 0 Å². The molecule has 0 aliphatic heterocycles. The van der Waals surface area contributed by atoms with Crippen molar-refractivity contribution in [3.05, 3.63) is 35.9 Å². The predicted octanol–water partition coefficient (Wildman–Crippen LogP) is 2.19. The van der Waals surface area contributed by atoms with Gasteiger partial charge in [0.1, 0.15) is 0 Å². The van der Waals surface area contributed by atoms with Crippen LogP contribution in [0.1, 0.15) is 11.9 Å². The Morgan fingerprint density at radius 3 is 2.36 bits per heavy atom. The van der Waals surface area contributed by atoms with E-state index >= 15 is 0 Å². The molecule has 11 heavy (non-hydrogen) atoms. The Kier molecular flexibility index (Phi) is 3.42. The monoisotopic (exact) mass is 170 g/mol. The summed E-state index contributed by atoms with van der Waals surface area (Å²) in [4.78, 5) is 0. The largest absolute Gasteiger partial charge is 0.351 e. The molecule has 0 saturated carbocycles. The van der Waals surface area contributed by atoms with E-state index in [0.717, 1.165) is 5.56 Å². The number of rotatable bonds is 3. The van der Waals surface area contributed by atoms with Gasteiger partial charge in [-0.1, -0.05) is 30.3 Å². The van der Waals surface area contributed by atoms with Gasteiger partial charge in [0.2, 0.25) is 0 Å². The van der Waals surface area contributed by atoms with Gasteiger partial charge in [-0.3, -0.25) is 4.18 Å². The maximum atomic E-state index is 4.99. The van der Waals surface area contributed by atoms with E-state index in [1.54, 1.807) is 7.11 Å². The first-order valence-electron chi connectivity index (χ1n) is 3.26. The van der Waals surface area contributed by atoms with E-state index in [4.69, 9.17) is 8.92 Å². The van der Waals surface area contributed by atoms with Crippen LogP contribution >= 0.6 is 12.9 Å². The van der Waals surface area contributed by atoms with Gasteiger partial charge in [0, 0.05) is 12.7 Å². The molecule has 0 amide bonds. The summed E-state index contributed by atoms with van der Waals surface area (Å²) in [7, 11) is 1.58. The van der Waals surface area contributed by atoms with Crippen LogP contribution in [0.5, 0.6) is 0 Å². The van der Waals surface area contributed by atoms with Gasteiger partial charge in [0.15, 0.2) is 6.29 Å². The van der Waals surface area contributed by atoms with Crippen molar-refractivity contribution in [2.45, 2.75) is 6.29 Å². The number of thiol groups is 1. The molecule has 1 aromatic rings. The predicted molar refractivity (Wildman–Crippen MR) is 46.3 cm³/mol. The van der Waals surface area contributed by atoms with E-state index in [1.807, 2.05) is 30.3 Å². The van der Waals surface area contributed by atoms with Crippen molar-refractivity contribution in [3.8, 4) is 0 Å². The Morgan fingerprint density at radius 1 is 1.27 bits per heavy atom. The lowest BCUT2D eigenvalue weighted by molar-refractivity contribution is -0.0410. The van der Waals surface area contributed by atoms with Gasteiger partial charge in [-0.25, -0.2) is 0 Å². The van der Waals surface area contributed by atoms with E-state index in [1.165, 1.54) is 0 Å². The molecule has 0 bridgehead atoms. The Bertz CT molecular complexity index is 197. The van der Waals surface area contributed by atoms with Crippen LogP contribution in [0.2, 0.25) is 0 Å². The van der Waals surface area contributed by atoms with Crippen molar-refractivity contribution < 1.29 is 8.92 Å². The van der Waals surface area contributed by atoms with Crippen LogP contribution in [0, 0.1) is 0 Å². The third-order valence-corrected chi connectivity index (χ3v) is 1.57. The van der Waals surface area contributed by atoms with Crippen LogP contribution in [0.3, 0.4) is 0 Å². The van der Waals surface area contributed by atoms with Crippen LogP contribution in [0.15, 0.2) is 30.3 Å². The van der Waals surface area contributed by atoms with Gasteiger partial charge < -0.3 is 4.74 Å². The molecule has 0 saturated heterocycles. The average Bonchev–Trinajstić information content (AvgIpc) is 2.09. The quantitative estimate of drug-likeness (QED) is 0.426. The summed E-state index contributed by atoms with van der Waals surface area (Å²) >= 11 is 3.68. The number of hydrogen-bond acceptors (Lipinski definition) is 3. The lowest BCUT2D eigenvalue weighted by Crippen LogP contribution is -1.99. The number of hydrogen-bond donors (Lipinski definition) is 1. The van der Waals surface area contributed by atoms with Crippen LogP contribution in [-0.4, -0.2) is 7.11 Å². The lowest BCUT2D eigenvalue weighted by atomic mass is 10.2. The minimum absolute atomic E-state index is 0.375. The minimum atomic E-state index is -0.375. The number of ether oxygens (including phenoxy) is 1. The highest BCUT2D eigenvalue weighted by Gasteiger charge is 2.06. The van der Waals surface area contributed by atoms with Crippen molar-refractivity contribution in [3.63, 3.8) is 0 Å². The summed E-state index contributed by atoms with van der Waals surface area (Å²) in [6.07, 6.45) is -0.375. The molecular weight excluding hydrogens is 160 g/mol. The molecule has 60 valence electrons. The fraction of sp³-hybridized carbons (Fsp3) is 0.250. The molecule has 0 fully saturated rings. The highest BCUT2D eigenvalue weighted by Crippen LogP contribution is 2.17. The first-order chi connectivity index (χ1) is 5.38. The fourth-order valence-corrected chi connectivity index (χ4v) is 1.06. The van der Waals surface area contributed by atoms with E-state index in [-0.39, 0.29) is 6.29 Å². The molecule has 3 heteroatoms. The zero-order valence-corrected chi connectivity index (χ0v) is 7.12. The number of benzene rings is 1. The summed E-state index contributed by atoms with van der Waals surface area (Å²) in [5, 5.41) is 0. The molecule has 0 aliphatic rings. The smallest absolute Gasteiger partial charge is 0.196 e. The summed E-state index contributed by atoms with van der Waals surface area (Å²) in [5.74, 6) is 0. The molecule has 0 aromatic heterocycles. The first-order valence-corrected chi connectivity index (χ1v) is 3.63. The lowest BCUT2D eigenvalue weighted by Gasteiger charge is -2.11. The maximum absolute atomic E-state index is 4.99. The second-order valence-electron chi connectivity index (χ2n) is 2.08. The van der Waals surface area contributed by atoms with Gasteiger partial charge in [-0.15, -0.1) is 0 Å². The SMILES string of the molecule is COC(OS)c1ccccc1. The Balaban J connectivity index is 2.74. The molecule has 0 radical (unpaired) electrons. The van der Waals surface area contributed by atoms with Gasteiger partial charge >= 0.3 is 0 Å². The third-order valence-electron chi connectivity index (χ3n) is 1.38. The van der Waals surface area contributed by atoms with Gasteiger partial charge in [-0.05, 0) is 12.9 Å². The van der Waals surface area contributed by atoms with Crippen molar-refractivity contribution in [2.24, 2.45) is 0 Å². The molecular formula is C8H10O2S. The zero-order chi connectivity index (χ0) is 8.10. The molecule has 0 N–H and O–H groups in total. The maximum Gasteiger partial charge on any atom is 0.196 e. The van der Waals surface area contributed by atoms with Gasteiger partial charge in [0.25, 0.3) is 0 Å². The van der Waals surface area contributed by atoms with Crippen molar-refractivity contribution in [1.29, 1.82) is 0 Å². The summed E-state index contributed by atoms with van der Waals surface area (Å²) < 4.78 is 9.74. The zero-order valence-electron chi connectivity index (χ0n) is 6.23. The van der Waals surface area contributed by atoms with Crippen LogP contribution in [-0.2, 0) is 8.92 Å². The molecule has 1 rings (SSSR count).